The number of hydrogen-bond donors (Lipinski definition) is 0. The molecule has 0 amide bonds. The molecule has 80 valence electrons. The summed E-state index contributed by atoms with van der Waals surface area (Å²) >= 11 is 0. The number of esters is 1. The Morgan fingerprint density at radius 3 is 2.93 bits per heavy atom. The molecular weight excluding hydrogens is 196 g/mol. The molecule has 0 aliphatic heterocycles. The molecule has 0 saturated heterocycles. The number of carbonyl (C=O) groups is 1. The molecule has 0 atom stereocenters. The number of carbonyl (C=O) groups excluding carboxylic acids is 1. The van der Waals surface area contributed by atoms with Crippen LogP contribution in [0.3, 0.4) is 0 Å². The quantitative estimate of drug-likeness (QED) is 0.698. The van der Waals surface area contributed by atoms with E-state index >= 15 is 0 Å². The van der Waals surface area contributed by atoms with Crippen LogP contribution in [0.15, 0.2) is 12.3 Å². The Morgan fingerprint density at radius 2 is 2.33 bits per heavy atom. The molecule has 0 N–H and O–H groups in total. The summed E-state index contributed by atoms with van der Waals surface area (Å²) in [7, 11) is 1.33. The third-order valence-corrected chi connectivity index (χ3v) is 2.42. The maximum Gasteiger partial charge on any atom is 0.343 e. The fourth-order valence-electron chi connectivity index (χ4n) is 1.32. The molecule has 0 spiro atoms. The van der Waals surface area contributed by atoms with Crippen LogP contribution in [0.2, 0.25) is 0 Å². The first-order valence-electron chi connectivity index (χ1n) is 4.88. The summed E-state index contributed by atoms with van der Waals surface area (Å²) in [6.07, 6.45) is 4.80. The molecule has 15 heavy (non-hydrogen) atoms. The minimum Gasteiger partial charge on any atom is -0.473 e. The van der Waals surface area contributed by atoms with Gasteiger partial charge < -0.3 is 9.47 Å². The maximum atomic E-state index is 11.4. The summed E-state index contributed by atoms with van der Waals surface area (Å²) in [6, 6.07) is 1.55. The molecule has 1 saturated carbocycles. The second-order valence-corrected chi connectivity index (χ2v) is 3.41. The van der Waals surface area contributed by atoms with E-state index in [0.29, 0.717) is 5.56 Å². The molecule has 5 heteroatoms. The molecule has 0 unspecified atom stereocenters. The molecule has 1 aromatic rings. The van der Waals surface area contributed by atoms with Crippen molar-refractivity contribution in [1.29, 1.82) is 0 Å². The summed E-state index contributed by atoms with van der Waals surface area (Å²) in [5.74, 6) is -0.173. The Balaban J connectivity index is 2.16. The van der Waals surface area contributed by atoms with E-state index in [1.165, 1.54) is 19.7 Å². The highest BCUT2D eigenvalue weighted by Gasteiger charge is 2.23. The molecular formula is C10H12N2O3. The van der Waals surface area contributed by atoms with Crippen LogP contribution < -0.4 is 4.74 Å². The van der Waals surface area contributed by atoms with E-state index < -0.39 is 5.97 Å². The van der Waals surface area contributed by atoms with Crippen molar-refractivity contribution >= 4 is 5.97 Å². The molecule has 0 bridgehead atoms. The summed E-state index contributed by atoms with van der Waals surface area (Å²) in [5, 5.41) is 7.49. The van der Waals surface area contributed by atoms with Crippen LogP contribution in [0, 0.1) is 0 Å². The Bertz CT molecular complexity index is 363. The van der Waals surface area contributed by atoms with Crippen molar-refractivity contribution < 1.29 is 14.3 Å². The SMILES string of the molecule is COC(=O)c1ccnnc1OC1CCC1. The predicted octanol–water partition coefficient (Wildman–Crippen LogP) is 1.19. The van der Waals surface area contributed by atoms with Gasteiger partial charge >= 0.3 is 5.97 Å². The minimum absolute atomic E-state index is 0.171. The molecule has 0 radical (unpaired) electrons. The van der Waals surface area contributed by atoms with E-state index in [0.717, 1.165) is 12.8 Å². The normalized spacial score (nSPS) is 15.5. The first-order valence-corrected chi connectivity index (χ1v) is 4.88. The summed E-state index contributed by atoms with van der Waals surface area (Å²) in [4.78, 5) is 11.4. The van der Waals surface area contributed by atoms with E-state index in [1.807, 2.05) is 0 Å². The summed E-state index contributed by atoms with van der Waals surface area (Å²) < 4.78 is 10.2. The fraction of sp³-hybridized carbons (Fsp3) is 0.500. The van der Waals surface area contributed by atoms with Crippen molar-refractivity contribution in [2.24, 2.45) is 0 Å². The van der Waals surface area contributed by atoms with E-state index in [1.54, 1.807) is 6.07 Å². The third kappa shape index (κ3) is 2.06. The zero-order chi connectivity index (χ0) is 10.7. The van der Waals surface area contributed by atoms with Crippen molar-refractivity contribution in [2.75, 3.05) is 7.11 Å². The van der Waals surface area contributed by atoms with Crippen LogP contribution >= 0.6 is 0 Å². The number of methoxy groups -OCH3 is 1. The lowest BCUT2D eigenvalue weighted by molar-refractivity contribution is 0.0580. The monoisotopic (exact) mass is 208 g/mol. The lowest BCUT2D eigenvalue weighted by Gasteiger charge is -2.25. The largest absolute Gasteiger partial charge is 0.473 e. The van der Waals surface area contributed by atoms with Crippen molar-refractivity contribution in [3.05, 3.63) is 17.8 Å². The lowest BCUT2D eigenvalue weighted by Crippen LogP contribution is -2.26. The molecule has 1 fully saturated rings. The number of hydrogen-bond acceptors (Lipinski definition) is 5. The highest BCUT2D eigenvalue weighted by molar-refractivity contribution is 5.91. The van der Waals surface area contributed by atoms with Gasteiger partial charge in [0, 0.05) is 0 Å². The molecule has 2 rings (SSSR count). The number of ether oxygens (including phenoxy) is 2. The van der Waals surface area contributed by atoms with E-state index in [9.17, 15) is 4.79 Å². The van der Waals surface area contributed by atoms with Gasteiger partial charge in [-0.05, 0) is 25.3 Å². The number of nitrogens with zero attached hydrogens (tertiary/aromatic N) is 2. The van der Waals surface area contributed by atoms with E-state index in [2.05, 4.69) is 14.9 Å². The van der Waals surface area contributed by atoms with Crippen LogP contribution in [-0.2, 0) is 4.74 Å². The van der Waals surface area contributed by atoms with Gasteiger partial charge in [0.15, 0.2) is 0 Å². The average Bonchev–Trinajstić information content (AvgIpc) is 2.23. The summed E-state index contributed by atoms with van der Waals surface area (Å²) in [5.41, 5.74) is 0.333. The fourth-order valence-corrected chi connectivity index (χ4v) is 1.32. The maximum absolute atomic E-state index is 11.4. The summed E-state index contributed by atoms with van der Waals surface area (Å²) in [6.45, 7) is 0. The van der Waals surface area contributed by atoms with Gasteiger partial charge in [-0.1, -0.05) is 0 Å². The first-order chi connectivity index (χ1) is 7.31. The van der Waals surface area contributed by atoms with Crippen molar-refractivity contribution in [1.82, 2.24) is 10.2 Å². The van der Waals surface area contributed by atoms with Gasteiger partial charge in [0.1, 0.15) is 11.7 Å². The van der Waals surface area contributed by atoms with Gasteiger partial charge in [0.2, 0.25) is 5.88 Å². The van der Waals surface area contributed by atoms with Gasteiger partial charge in [-0.2, -0.15) is 5.10 Å². The second kappa shape index (κ2) is 4.25. The van der Waals surface area contributed by atoms with Gasteiger partial charge in [0.25, 0.3) is 0 Å². The molecule has 0 aromatic carbocycles. The topological polar surface area (TPSA) is 61.3 Å². The van der Waals surface area contributed by atoms with Gasteiger partial charge in [-0.25, -0.2) is 4.79 Å². The lowest BCUT2D eigenvalue weighted by atomic mass is 9.96. The Kier molecular flexibility index (Phi) is 2.80. The van der Waals surface area contributed by atoms with Crippen LogP contribution in [-0.4, -0.2) is 29.4 Å². The highest BCUT2D eigenvalue weighted by Crippen LogP contribution is 2.25. The second-order valence-electron chi connectivity index (χ2n) is 3.41. The zero-order valence-electron chi connectivity index (χ0n) is 8.47. The first kappa shape index (κ1) is 9.89. The Morgan fingerprint density at radius 1 is 1.53 bits per heavy atom. The average molecular weight is 208 g/mol. The smallest absolute Gasteiger partial charge is 0.343 e. The molecule has 1 heterocycles. The Labute approximate surface area is 87.4 Å². The van der Waals surface area contributed by atoms with Gasteiger partial charge in [0.05, 0.1) is 13.3 Å². The highest BCUT2D eigenvalue weighted by atomic mass is 16.5. The van der Waals surface area contributed by atoms with Gasteiger partial charge in [-0.3, -0.25) is 0 Å². The van der Waals surface area contributed by atoms with Gasteiger partial charge in [-0.15, -0.1) is 5.10 Å². The number of rotatable bonds is 3. The Hall–Kier alpha value is -1.65. The predicted molar refractivity (Wildman–Crippen MR) is 51.6 cm³/mol. The molecule has 1 aliphatic rings. The third-order valence-electron chi connectivity index (χ3n) is 2.42. The van der Waals surface area contributed by atoms with E-state index in [-0.39, 0.29) is 12.0 Å². The van der Waals surface area contributed by atoms with Crippen molar-refractivity contribution in [3.8, 4) is 5.88 Å². The van der Waals surface area contributed by atoms with Crippen LogP contribution in [0.4, 0.5) is 0 Å². The number of aromatic nitrogens is 2. The van der Waals surface area contributed by atoms with Crippen LogP contribution in [0.5, 0.6) is 5.88 Å². The van der Waals surface area contributed by atoms with Crippen molar-refractivity contribution in [2.45, 2.75) is 25.4 Å². The minimum atomic E-state index is -0.445. The zero-order valence-corrected chi connectivity index (χ0v) is 8.47. The standard InChI is InChI=1S/C10H12N2O3/c1-14-10(13)8-5-6-11-12-9(8)15-7-3-2-4-7/h5-7H,2-4H2,1H3. The van der Waals surface area contributed by atoms with Crippen LogP contribution in [0.25, 0.3) is 0 Å². The molecule has 1 aliphatic carbocycles. The van der Waals surface area contributed by atoms with Crippen LogP contribution in [0.1, 0.15) is 29.6 Å². The van der Waals surface area contributed by atoms with Crippen molar-refractivity contribution in [3.63, 3.8) is 0 Å². The molecule has 1 aromatic heterocycles. The molecule has 5 nitrogen and oxygen atoms in total. The van der Waals surface area contributed by atoms with E-state index in [4.69, 9.17) is 4.74 Å².